The Labute approximate surface area is 278 Å². The Morgan fingerprint density at radius 3 is 2.42 bits per heavy atom. The molecule has 2 amide bonds. The zero-order valence-electron chi connectivity index (χ0n) is 25.4. The summed E-state index contributed by atoms with van der Waals surface area (Å²) in [5, 5.41) is 2.36. The first-order valence-electron chi connectivity index (χ1n) is 15.1. The summed E-state index contributed by atoms with van der Waals surface area (Å²) in [7, 11) is -4.34. The minimum Gasteiger partial charge on any atom is -0.435 e. The Morgan fingerprint density at radius 2 is 1.81 bits per heavy atom. The zero-order chi connectivity index (χ0) is 34.6. The molecule has 0 bridgehead atoms. The predicted molar refractivity (Wildman–Crippen MR) is 164 cm³/mol. The summed E-state index contributed by atoms with van der Waals surface area (Å²) in [5.74, 6) is -1.04. The van der Waals surface area contributed by atoms with Gasteiger partial charge in [0.2, 0.25) is 5.91 Å². The van der Waals surface area contributed by atoms with Crippen molar-refractivity contribution >= 4 is 39.1 Å². The average Bonchev–Trinajstić information content (AvgIpc) is 3.83. The summed E-state index contributed by atoms with van der Waals surface area (Å²) in [5.41, 5.74) is -0.666. The molecule has 256 valence electrons. The van der Waals surface area contributed by atoms with E-state index in [2.05, 4.69) is 15.0 Å². The number of nitrogens with one attached hydrogen (secondary N) is 1. The van der Waals surface area contributed by atoms with Gasteiger partial charge in [-0.3, -0.25) is 18.9 Å². The van der Waals surface area contributed by atoms with E-state index < -0.39 is 45.7 Å². The Morgan fingerprint density at radius 1 is 1.10 bits per heavy atom. The fraction of sp³-hybridized carbons (Fsp3) is 0.406. The number of nitrogens with zero attached hydrogens (tertiary/aromatic N) is 3. The number of sulfonamides is 1. The Hall–Kier alpha value is -3.98. The van der Waals surface area contributed by atoms with Crippen LogP contribution in [-0.2, 0) is 33.0 Å². The van der Waals surface area contributed by atoms with Crippen molar-refractivity contribution in [1.82, 2.24) is 15.2 Å². The summed E-state index contributed by atoms with van der Waals surface area (Å²) in [6.07, 6.45) is -1.67. The van der Waals surface area contributed by atoms with E-state index in [1.165, 1.54) is 41.6 Å². The van der Waals surface area contributed by atoms with Crippen LogP contribution in [-0.4, -0.2) is 55.9 Å². The van der Waals surface area contributed by atoms with E-state index in [0.29, 0.717) is 43.4 Å². The van der Waals surface area contributed by atoms with E-state index in [1.807, 2.05) is 0 Å². The van der Waals surface area contributed by atoms with Gasteiger partial charge in [-0.25, -0.2) is 8.42 Å². The number of hydrogen-bond acceptors (Lipinski definition) is 6. The van der Waals surface area contributed by atoms with Crippen LogP contribution in [0.1, 0.15) is 59.8 Å². The van der Waals surface area contributed by atoms with Crippen molar-refractivity contribution in [3.8, 4) is 5.75 Å². The third-order valence-corrected chi connectivity index (χ3v) is 11.4. The monoisotopic (exact) mass is 712 g/mol. The van der Waals surface area contributed by atoms with Gasteiger partial charge in [-0.15, -0.1) is 0 Å². The number of fused-ring (bicyclic) bond motifs is 2. The quantitative estimate of drug-likeness (QED) is 0.281. The molecule has 1 saturated heterocycles. The van der Waals surface area contributed by atoms with Crippen LogP contribution in [0.4, 0.5) is 27.6 Å². The van der Waals surface area contributed by atoms with Crippen molar-refractivity contribution in [1.29, 1.82) is 0 Å². The fourth-order valence-corrected chi connectivity index (χ4v) is 8.93. The standard InChI is InChI=1S/C32H30ClF5N4O5S/c1-18(43)41-11-9-31(10-12-41)24-13-20(29(44)40-17-26-25(33)14-21(16-39-26)32(36,37)38)7-8-27(24)42(28(31)19-5-6-19)48(45,46)23-4-2-3-22(15-23)47-30(34)35/h2-4,7-8,13-16,19,28,30H,5-6,9-12,17H2,1H3,(H,40,44). The molecule has 1 saturated carbocycles. The highest BCUT2D eigenvalue weighted by molar-refractivity contribution is 7.93. The minimum absolute atomic E-state index is 0.0244. The van der Waals surface area contributed by atoms with Crippen molar-refractivity contribution in [2.24, 2.45) is 5.92 Å². The lowest BCUT2D eigenvalue weighted by atomic mass is 9.68. The summed E-state index contributed by atoms with van der Waals surface area (Å²) in [6.45, 7) is -1.24. The number of carbonyl (C=O) groups is 2. The Balaban J connectivity index is 1.37. The van der Waals surface area contributed by atoms with E-state index in [9.17, 15) is 40.0 Å². The molecule has 1 aromatic heterocycles. The maximum absolute atomic E-state index is 14.4. The highest BCUT2D eigenvalue weighted by Gasteiger charge is 2.60. The van der Waals surface area contributed by atoms with Gasteiger partial charge in [0, 0.05) is 43.3 Å². The molecule has 1 unspecified atom stereocenters. The lowest BCUT2D eigenvalue weighted by Gasteiger charge is -2.45. The molecule has 3 heterocycles. The fourth-order valence-electron chi connectivity index (χ4n) is 6.86. The third-order valence-electron chi connectivity index (χ3n) is 9.27. The van der Waals surface area contributed by atoms with Crippen molar-refractivity contribution in [2.45, 2.75) is 68.3 Å². The summed E-state index contributed by atoms with van der Waals surface area (Å²) < 4.78 is 99.8. The molecule has 0 radical (unpaired) electrons. The first-order chi connectivity index (χ1) is 22.6. The normalized spacial score (nSPS) is 19.0. The second-order valence-corrected chi connectivity index (χ2v) is 14.4. The highest BCUT2D eigenvalue weighted by Crippen LogP contribution is 2.59. The predicted octanol–water partition coefficient (Wildman–Crippen LogP) is 6.15. The van der Waals surface area contributed by atoms with Gasteiger partial charge in [-0.1, -0.05) is 17.7 Å². The third kappa shape index (κ3) is 6.29. The maximum atomic E-state index is 14.4. The van der Waals surface area contributed by atoms with Crippen molar-refractivity contribution in [2.75, 3.05) is 17.4 Å². The summed E-state index contributed by atoms with van der Waals surface area (Å²) >= 11 is 6.02. The lowest BCUT2D eigenvalue weighted by Crippen LogP contribution is -2.54. The molecule has 1 aliphatic carbocycles. The molecule has 6 rings (SSSR count). The van der Waals surface area contributed by atoms with Gasteiger partial charge in [-0.2, -0.15) is 22.0 Å². The molecular weight excluding hydrogens is 683 g/mol. The number of ether oxygens (including phenoxy) is 1. The number of hydrogen-bond donors (Lipinski definition) is 1. The van der Waals surface area contributed by atoms with Crippen LogP contribution < -0.4 is 14.4 Å². The van der Waals surface area contributed by atoms with E-state index in [-0.39, 0.29) is 45.3 Å². The first kappa shape index (κ1) is 33.9. The van der Waals surface area contributed by atoms with Gasteiger partial charge in [0.05, 0.1) is 39.4 Å². The molecule has 2 aliphatic heterocycles. The van der Waals surface area contributed by atoms with Crippen LogP contribution in [0.3, 0.4) is 0 Å². The van der Waals surface area contributed by atoms with Gasteiger partial charge in [0.15, 0.2) is 0 Å². The minimum atomic E-state index is -4.64. The van der Waals surface area contributed by atoms with Crippen LogP contribution >= 0.6 is 11.6 Å². The van der Waals surface area contributed by atoms with E-state index >= 15 is 0 Å². The number of aromatic nitrogens is 1. The zero-order valence-corrected chi connectivity index (χ0v) is 27.0. The van der Waals surface area contributed by atoms with Crippen molar-refractivity contribution in [3.05, 3.63) is 82.1 Å². The van der Waals surface area contributed by atoms with Crippen LogP contribution in [0.5, 0.6) is 5.75 Å². The second-order valence-electron chi connectivity index (χ2n) is 12.2. The van der Waals surface area contributed by atoms with E-state index in [0.717, 1.165) is 25.0 Å². The number of alkyl halides is 5. The topological polar surface area (TPSA) is 109 Å². The van der Waals surface area contributed by atoms with Gasteiger partial charge in [-0.05, 0) is 73.6 Å². The number of piperidine rings is 1. The molecule has 3 aliphatic rings. The maximum Gasteiger partial charge on any atom is 0.417 e. The number of likely N-dealkylation sites (tertiary alicyclic amines) is 1. The van der Waals surface area contributed by atoms with E-state index in [4.69, 9.17) is 11.6 Å². The Bertz CT molecular complexity index is 1860. The number of amides is 2. The van der Waals surface area contributed by atoms with Crippen molar-refractivity contribution < 1.29 is 44.7 Å². The molecule has 16 heteroatoms. The molecule has 1 N–H and O–H groups in total. The average molecular weight is 713 g/mol. The molecular formula is C32H30ClF5N4O5S. The molecule has 2 fully saturated rings. The molecule has 2 aromatic carbocycles. The van der Waals surface area contributed by atoms with Crippen LogP contribution in [0.25, 0.3) is 0 Å². The summed E-state index contributed by atoms with van der Waals surface area (Å²) in [4.78, 5) is 30.9. The molecule has 48 heavy (non-hydrogen) atoms. The van der Waals surface area contributed by atoms with Crippen molar-refractivity contribution in [3.63, 3.8) is 0 Å². The number of anilines is 1. The molecule has 3 aromatic rings. The number of halogens is 6. The number of benzene rings is 2. The van der Waals surface area contributed by atoms with Crippen LogP contribution in [0.15, 0.2) is 59.6 Å². The SMILES string of the molecule is CC(=O)N1CCC2(CC1)c1cc(C(=O)NCc3ncc(C(F)(F)F)cc3Cl)ccc1N(S(=O)(=O)c1cccc(OC(F)F)c1)C2C1CC1. The van der Waals surface area contributed by atoms with Gasteiger partial charge < -0.3 is 15.0 Å². The lowest BCUT2D eigenvalue weighted by molar-refractivity contribution is -0.137. The highest BCUT2D eigenvalue weighted by atomic mass is 35.5. The number of rotatable bonds is 8. The second kappa shape index (κ2) is 12.5. The molecule has 1 spiro atoms. The first-order valence-corrected chi connectivity index (χ1v) is 16.9. The number of carbonyl (C=O) groups excluding carboxylic acids is 2. The number of pyridine rings is 1. The van der Waals surface area contributed by atoms with Gasteiger partial charge in [0.25, 0.3) is 15.9 Å². The smallest absolute Gasteiger partial charge is 0.417 e. The van der Waals surface area contributed by atoms with E-state index in [1.54, 1.807) is 11.0 Å². The van der Waals surface area contributed by atoms with Crippen LogP contribution in [0, 0.1) is 5.92 Å². The van der Waals surface area contributed by atoms with Crippen LogP contribution in [0.2, 0.25) is 5.02 Å². The summed E-state index contributed by atoms with van der Waals surface area (Å²) in [6, 6.07) is 9.68. The van der Waals surface area contributed by atoms with Gasteiger partial charge >= 0.3 is 12.8 Å². The largest absolute Gasteiger partial charge is 0.435 e. The molecule has 9 nitrogen and oxygen atoms in total. The van der Waals surface area contributed by atoms with Gasteiger partial charge in [0.1, 0.15) is 5.75 Å². The molecule has 1 atom stereocenters. The Kier molecular flexibility index (Phi) is 8.81.